The molecule has 0 unspecified atom stereocenters. The molecule has 0 bridgehead atoms. The first-order valence-electron chi connectivity index (χ1n) is 3.72. The minimum absolute atomic E-state index is 0.495. The smallest absolute Gasteiger partial charge is 0.115 e. The first-order chi connectivity index (χ1) is 4.52. The summed E-state index contributed by atoms with van der Waals surface area (Å²) < 4.78 is 0. The van der Waals surface area contributed by atoms with Crippen LogP contribution in [0.15, 0.2) is 11.6 Å². The molecule has 0 fully saturated rings. The largest absolute Gasteiger partial charge is 0.382 e. The van der Waals surface area contributed by atoms with Crippen molar-refractivity contribution in [2.45, 2.75) is 34.1 Å². The van der Waals surface area contributed by atoms with Gasteiger partial charge in [0.25, 0.3) is 0 Å². The minimum atomic E-state index is 0.495. The molecule has 1 N–H and O–H groups in total. The lowest BCUT2D eigenvalue weighted by molar-refractivity contribution is 0.297. The third kappa shape index (κ3) is 5.83. The van der Waals surface area contributed by atoms with Crippen molar-refractivity contribution >= 4 is 0 Å². The lowest BCUT2D eigenvalue weighted by Crippen LogP contribution is -1.97. The van der Waals surface area contributed by atoms with Crippen molar-refractivity contribution in [3.8, 4) is 0 Å². The molecule has 1 heteroatoms. The van der Waals surface area contributed by atoms with Crippen LogP contribution in [0.1, 0.15) is 34.1 Å². The third-order valence-electron chi connectivity index (χ3n) is 1.07. The van der Waals surface area contributed by atoms with Crippen LogP contribution >= 0.6 is 0 Å². The highest BCUT2D eigenvalue weighted by Gasteiger charge is 2.03. The summed E-state index contributed by atoms with van der Waals surface area (Å²) in [7, 11) is 0. The van der Waals surface area contributed by atoms with Crippen LogP contribution < -0.4 is 0 Å². The molecule has 0 rings (SSSR count). The molecule has 0 saturated heterocycles. The zero-order valence-electron chi connectivity index (χ0n) is 7.31. The summed E-state index contributed by atoms with van der Waals surface area (Å²) in [6.07, 6.45) is 3.10. The van der Waals surface area contributed by atoms with Gasteiger partial charge in [0.2, 0.25) is 0 Å². The van der Waals surface area contributed by atoms with E-state index in [-0.39, 0.29) is 0 Å². The van der Waals surface area contributed by atoms with Crippen molar-refractivity contribution in [1.82, 2.24) is 0 Å². The first-order valence-corrected chi connectivity index (χ1v) is 3.72. The van der Waals surface area contributed by atoms with Crippen molar-refractivity contribution in [2.24, 2.45) is 5.92 Å². The summed E-state index contributed by atoms with van der Waals surface area (Å²) in [6.45, 7) is 8.15. The lowest BCUT2D eigenvalue weighted by Gasteiger charge is -2.07. The van der Waals surface area contributed by atoms with E-state index < -0.39 is 0 Å². The fraction of sp³-hybridized carbons (Fsp3) is 0.667. The van der Waals surface area contributed by atoms with Crippen LogP contribution in [-0.4, -0.2) is 5.11 Å². The molecule has 0 heterocycles. The second kappa shape index (κ2) is 4.51. The molecule has 0 aliphatic carbocycles. The SMILES string of the molecule is CC(C)=C[C](O)CC(C)C. The summed E-state index contributed by atoms with van der Waals surface area (Å²) in [5, 5.41) is 9.23. The predicted molar refractivity (Wildman–Crippen MR) is 44.1 cm³/mol. The zero-order chi connectivity index (χ0) is 8.15. The molecule has 10 heavy (non-hydrogen) atoms. The van der Waals surface area contributed by atoms with Gasteiger partial charge in [-0.3, -0.25) is 0 Å². The summed E-state index contributed by atoms with van der Waals surface area (Å²) >= 11 is 0. The molecular weight excluding hydrogens is 124 g/mol. The van der Waals surface area contributed by atoms with E-state index in [4.69, 9.17) is 0 Å². The molecule has 0 aromatic carbocycles. The van der Waals surface area contributed by atoms with Crippen LogP contribution in [0.5, 0.6) is 0 Å². The van der Waals surface area contributed by atoms with E-state index in [0.29, 0.717) is 12.0 Å². The second-order valence-corrected chi connectivity index (χ2v) is 3.31. The Labute approximate surface area is 63.8 Å². The van der Waals surface area contributed by atoms with E-state index in [0.717, 1.165) is 12.0 Å². The standard InChI is InChI=1S/C9H17O/c1-7(2)5-9(10)6-8(3)4/h5,8,10H,6H2,1-4H3. The lowest BCUT2D eigenvalue weighted by atomic mass is 10.0. The quantitative estimate of drug-likeness (QED) is 0.640. The minimum Gasteiger partial charge on any atom is -0.382 e. The van der Waals surface area contributed by atoms with E-state index >= 15 is 0 Å². The third-order valence-corrected chi connectivity index (χ3v) is 1.07. The first kappa shape index (κ1) is 9.70. The summed E-state index contributed by atoms with van der Waals surface area (Å²) in [6, 6.07) is 0. The van der Waals surface area contributed by atoms with Gasteiger partial charge in [0.1, 0.15) is 6.10 Å². The Bertz CT molecular complexity index is 110. The van der Waals surface area contributed by atoms with Crippen LogP contribution in [0.3, 0.4) is 0 Å². The molecule has 1 nitrogen and oxygen atoms in total. The second-order valence-electron chi connectivity index (χ2n) is 3.31. The van der Waals surface area contributed by atoms with Crippen molar-refractivity contribution in [1.29, 1.82) is 0 Å². The number of hydrogen-bond acceptors (Lipinski definition) is 1. The van der Waals surface area contributed by atoms with E-state index in [1.165, 1.54) is 0 Å². The number of aliphatic hydroxyl groups is 1. The normalized spacial score (nSPS) is 10.7. The Balaban J connectivity index is 3.64. The van der Waals surface area contributed by atoms with Crippen LogP contribution in [0.2, 0.25) is 0 Å². The molecule has 0 amide bonds. The summed E-state index contributed by atoms with van der Waals surface area (Å²) in [5.41, 5.74) is 1.15. The van der Waals surface area contributed by atoms with Crippen LogP contribution in [-0.2, 0) is 0 Å². The van der Waals surface area contributed by atoms with Crippen LogP contribution in [0, 0.1) is 12.0 Å². The van der Waals surface area contributed by atoms with Gasteiger partial charge >= 0.3 is 0 Å². The van der Waals surface area contributed by atoms with Gasteiger partial charge in [0.05, 0.1) is 0 Å². The highest BCUT2D eigenvalue weighted by molar-refractivity contribution is 5.07. The molecule has 0 spiro atoms. The van der Waals surface area contributed by atoms with Crippen molar-refractivity contribution in [2.75, 3.05) is 0 Å². The van der Waals surface area contributed by atoms with E-state index in [9.17, 15) is 5.11 Å². The molecule has 0 saturated carbocycles. The van der Waals surface area contributed by atoms with Crippen LogP contribution in [0.25, 0.3) is 0 Å². The molecule has 59 valence electrons. The van der Waals surface area contributed by atoms with Gasteiger partial charge in [-0.1, -0.05) is 25.5 Å². The van der Waals surface area contributed by atoms with E-state index in [1.54, 1.807) is 0 Å². The van der Waals surface area contributed by atoms with Crippen molar-refractivity contribution in [3.05, 3.63) is 17.8 Å². The van der Waals surface area contributed by atoms with Crippen molar-refractivity contribution < 1.29 is 5.11 Å². The maximum atomic E-state index is 9.23. The van der Waals surface area contributed by atoms with Gasteiger partial charge in [0, 0.05) is 0 Å². The van der Waals surface area contributed by atoms with Gasteiger partial charge in [-0.25, -0.2) is 0 Å². The van der Waals surface area contributed by atoms with Gasteiger partial charge in [-0.15, -0.1) is 0 Å². The topological polar surface area (TPSA) is 20.2 Å². The number of allylic oxidation sites excluding steroid dienone is 1. The highest BCUT2D eigenvalue weighted by Crippen LogP contribution is 2.13. The maximum absolute atomic E-state index is 9.23. The molecule has 0 aliphatic rings. The average Bonchev–Trinajstić information content (AvgIpc) is 1.58. The van der Waals surface area contributed by atoms with E-state index in [1.807, 2.05) is 19.9 Å². The Morgan fingerprint density at radius 3 is 2.20 bits per heavy atom. The van der Waals surface area contributed by atoms with Gasteiger partial charge in [-0.05, 0) is 26.2 Å². The van der Waals surface area contributed by atoms with Gasteiger partial charge in [-0.2, -0.15) is 0 Å². The molecular formula is C9H17O. The molecule has 0 aromatic heterocycles. The Kier molecular flexibility index (Phi) is 4.37. The van der Waals surface area contributed by atoms with E-state index in [2.05, 4.69) is 13.8 Å². The van der Waals surface area contributed by atoms with Gasteiger partial charge < -0.3 is 5.11 Å². The Hall–Kier alpha value is -0.300. The Morgan fingerprint density at radius 1 is 1.40 bits per heavy atom. The predicted octanol–water partition coefficient (Wildman–Crippen LogP) is 2.90. The molecule has 0 aliphatic heterocycles. The van der Waals surface area contributed by atoms with Crippen LogP contribution in [0.4, 0.5) is 0 Å². The molecule has 0 aromatic rings. The average molecular weight is 141 g/mol. The zero-order valence-corrected chi connectivity index (χ0v) is 7.31. The fourth-order valence-corrected chi connectivity index (χ4v) is 0.810. The summed E-state index contributed by atoms with van der Waals surface area (Å²) in [5.74, 6) is 0.538. The fourth-order valence-electron chi connectivity index (χ4n) is 0.810. The Morgan fingerprint density at radius 2 is 1.90 bits per heavy atom. The molecule has 1 radical (unpaired) electrons. The molecule has 0 atom stereocenters. The maximum Gasteiger partial charge on any atom is 0.115 e. The van der Waals surface area contributed by atoms with Gasteiger partial charge in [0.15, 0.2) is 0 Å². The number of hydrogen-bond donors (Lipinski definition) is 1. The highest BCUT2D eigenvalue weighted by atomic mass is 16.3. The number of aliphatic hydroxyl groups excluding tert-OH is 1. The monoisotopic (exact) mass is 141 g/mol. The number of rotatable bonds is 3. The van der Waals surface area contributed by atoms with Crippen molar-refractivity contribution in [3.63, 3.8) is 0 Å². The summed E-state index contributed by atoms with van der Waals surface area (Å²) in [4.78, 5) is 0.